The maximum Gasteiger partial charge on any atom is 0.255 e. The average Bonchev–Trinajstić information content (AvgIpc) is 2.73. The Morgan fingerprint density at radius 3 is 2.29 bits per heavy atom. The lowest BCUT2D eigenvalue weighted by atomic mass is 9.88. The Morgan fingerprint density at radius 2 is 1.65 bits per heavy atom. The number of rotatable bonds is 3. The first-order chi connectivity index (χ1) is 14.9. The molecule has 31 heavy (non-hydrogen) atoms. The number of halogens is 1. The van der Waals surface area contributed by atoms with Crippen LogP contribution in [0.5, 0.6) is 11.5 Å². The number of aromatic hydroxyl groups is 2. The number of phenols is 2. The summed E-state index contributed by atoms with van der Waals surface area (Å²) in [5.74, 6) is -0.551. The molecule has 1 aliphatic heterocycles. The Balaban J connectivity index is 1.67. The molecule has 158 valence electrons. The number of benzene rings is 2. The van der Waals surface area contributed by atoms with Crippen molar-refractivity contribution in [2.75, 3.05) is 13.1 Å². The highest BCUT2D eigenvalue weighted by molar-refractivity contribution is 5.94. The summed E-state index contributed by atoms with van der Waals surface area (Å²) in [5, 5.41) is 20.0. The zero-order chi connectivity index (χ0) is 22.0. The Hall–Kier alpha value is -3.67. The molecule has 2 N–H and O–H groups in total. The molecule has 0 bridgehead atoms. The van der Waals surface area contributed by atoms with Gasteiger partial charge in [0.2, 0.25) is 0 Å². The predicted octanol–water partition coefficient (Wildman–Crippen LogP) is 4.68. The maximum atomic E-state index is 14.0. The van der Waals surface area contributed by atoms with Gasteiger partial charge in [0.25, 0.3) is 5.91 Å². The molecule has 2 aromatic carbocycles. The van der Waals surface area contributed by atoms with Crippen molar-refractivity contribution < 1.29 is 19.4 Å². The van der Waals surface area contributed by atoms with Gasteiger partial charge in [-0.2, -0.15) is 0 Å². The van der Waals surface area contributed by atoms with Crippen molar-refractivity contribution in [3.8, 4) is 11.5 Å². The summed E-state index contributed by atoms with van der Waals surface area (Å²) in [6.07, 6.45) is 4.50. The minimum absolute atomic E-state index is 0.0578. The van der Waals surface area contributed by atoms with E-state index in [1.807, 2.05) is 19.1 Å². The van der Waals surface area contributed by atoms with Crippen LogP contribution in [0.25, 0.3) is 5.57 Å². The summed E-state index contributed by atoms with van der Waals surface area (Å²) in [4.78, 5) is 18.8. The number of piperidine rings is 1. The fourth-order valence-electron chi connectivity index (χ4n) is 4.04. The minimum atomic E-state index is -0.362. The topological polar surface area (TPSA) is 73.7 Å². The first-order valence-electron chi connectivity index (χ1n) is 10.1. The number of pyridine rings is 1. The normalized spacial score (nSPS) is 13.9. The number of phenolic OH excluding ortho intramolecular Hbond substituents is 2. The van der Waals surface area contributed by atoms with E-state index in [0.29, 0.717) is 42.6 Å². The Labute approximate surface area is 180 Å². The van der Waals surface area contributed by atoms with E-state index >= 15 is 0 Å². The molecule has 6 heteroatoms. The van der Waals surface area contributed by atoms with Gasteiger partial charge in [-0.3, -0.25) is 9.78 Å². The molecular formula is C25H23FN2O3. The van der Waals surface area contributed by atoms with Crippen molar-refractivity contribution in [2.24, 2.45) is 0 Å². The second-order valence-corrected chi connectivity index (χ2v) is 7.77. The summed E-state index contributed by atoms with van der Waals surface area (Å²) in [5.41, 5.74) is 4.59. The van der Waals surface area contributed by atoms with Crippen LogP contribution in [0.15, 0.2) is 66.5 Å². The fraction of sp³-hybridized carbons (Fsp3) is 0.200. The standard InChI is InChI=1S/C25H23FN2O3/c1-16-9-20(15-27-14-16)25(31)28-7-5-17(6-8-28)24(18-3-2-4-21(26)10-18)19-11-22(29)13-23(30)12-19/h2-4,9-15,29-30H,5-8H2,1H3. The number of hydrogen-bond acceptors (Lipinski definition) is 4. The van der Waals surface area contributed by atoms with Gasteiger partial charge in [0.05, 0.1) is 5.56 Å². The highest BCUT2D eigenvalue weighted by Crippen LogP contribution is 2.36. The van der Waals surface area contributed by atoms with E-state index in [2.05, 4.69) is 4.98 Å². The van der Waals surface area contributed by atoms with Gasteiger partial charge < -0.3 is 15.1 Å². The van der Waals surface area contributed by atoms with Gasteiger partial charge in [-0.1, -0.05) is 17.7 Å². The van der Waals surface area contributed by atoms with Crippen LogP contribution in [-0.2, 0) is 0 Å². The third-order valence-electron chi connectivity index (χ3n) is 5.43. The quantitative estimate of drug-likeness (QED) is 0.648. The molecule has 0 atom stereocenters. The van der Waals surface area contributed by atoms with Gasteiger partial charge in [-0.15, -0.1) is 0 Å². The molecule has 0 aliphatic carbocycles. The smallest absolute Gasteiger partial charge is 0.255 e. The van der Waals surface area contributed by atoms with Crippen molar-refractivity contribution in [1.29, 1.82) is 0 Å². The minimum Gasteiger partial charge on any atom is -0.508 e. The summed E-state index contributed by atoms with van der Waals surface area (Å²) in [7, 11) is 0. The highest BCUT2D eigenvalue weighted by atomic mass is 19.1. The van der Waals surface area contributed by atoms with Crippen LogP contribution in [0, 0.1) is 12.7 Å². The zero-order valence-corrected chi connectivity index (χ0v) is 17.2. The van der Waals surface area contributed by atoms with E-state index < -0.39 is 0 Å². The van der Waals surface area contributed by atoms with Crippen LogP contribution in [0.4, 0.5) is 4.39 Å². The molecular weight excluding hydrogens is 395 g/mol. The zero-order valence-electron chi connectivity index (χ0n) is 17.2. The number of hydrogen-bond donors (Lipinski definition) is 2. The second kappa shape index (κ2) is 8.60. The van der Waals surface area contributed by atoms with Crippen molar-refractivity contribution in [3.63, 3.8) is 0 Å². The molecule has 3 aromatic rings. The van der Waals surface area contributed by atoms with Crippen LogP contribution in [-0.4, -0.2) is 39.1 Å². The third-order valence-corrected chi connectivity index (χ3v) is 5.43. The second-order valence-electron chi connectivity index (χ2n) is 7.77. The van der Waals surface area contributed by atoms with Crippen molar-refractivity contribution in [2.45, 2.75) is 19.8 Å². The predicted molar refractivity (Wildman–Crippen MR) is 116 cm³/mol. The van der Waals surface area contributed by atoms with Gasteiger partial charge in [-0.25, -0.2) is 4.39 Å². The molecule has 2 heterocycles. The summed E-state index contributed by atoms with van der Waals surface area (Å²) in [6.45, 7) is 2.94. The molecule has 1 aromatic heterocycles. The lowest BCUT2D eigenvalue weighted by Crippen LogP contribution is -2.36. The monoisotopic (exact) mass is 418 g/mol. The van der Waals surface area contributed by atoms with E-state index in [1.54, 1.807) is 35.5 Å². The van der Waals surface area contributed by atoms with Gasteiger partial charge in [0.15, 0.2) is 0 Å². The van der Waals surface area contributed by atoms with Gasteiger partial charge in [0, 0.05) is 31.5 Å². The first-order valence-corrected chi connectivity index (χ1v) is 10.1. The van der Waals surface area contributed by atoms with Crippen LogP contribution >= 0.6 is 0 Å². The van der Waals surface area contributed by atoms with Crippen LogP contribution in [0.2, 0.25) is 0 Å². The average molecular weight is 418 g/mol. The van der Waals surface area contributed by atoms with E-state index in [4.69, 9.17) is 0 Å². The van der Waals surface area contributed by atoms with Gasteiger partial charge in [0.1, 0.15) is 17.3 Å². The summed E-state index contributed by atoms with van der Waals surface area (Å²) < 4.78 is 14.0. The molecule has 1 aliphatic rings. The molecule has 0 unspecified atom stereocenters. The fourth-order valence-corrected chi connectivity index (χ4v) is 4.04. The molecule has 1 fully saturated rings. The van der Waals surface area contributed by atoms with E-state index in [-0.39, 0.29) is 23.2 Å². The molecule has 5 nitrogen and oxygen atoms in total. The van der Waals surface area contributed by atoms with Gasteiger partial charge >= 0.3 is 0 Å². The summed E-state index contributed by atoms with van der Waals surface area (Å²) in [6, 6.07) is 12.5. The number of amides is 1. The first kappa shape index (κ1) is 20.6. The number of carbonyl (C=O) groups is 1. The van der Waals surface area contributed by atoms with Crippen LogP contribution < -0.4 is 0 Å². The van der Waals surface area contributed by atoms with Gasteiger partial charge in [-0.05, 0) is 72.4 Å². The Bertz CT molecular complexity index is 1140. The Kier molecular flexibility index (Phi) is 5.71. The largest absolute Gasteiger partial charge is 0.508 e. The highest BCUT2D eigenvalue weighted by Gasteiger charge is 2.24. The third kappa shape index (κ3) is 4.58. The lowest BCUT2D eigenvalue weighted by Gasteiger charge is -2.30. The molecule has 1 amide bonds. The van der Waals surface area contributed by atoms with Crippen molar-refractivity contribution >= 4 is 11.5 Å². The maximum absolute atomic E-state index is 14.0. The molecule has 0 saturated carbocycles. The SMILES string of the molecule is Cc1cncc(C(=O)N2CCC(=C(c3cc(O)cc(O)c3)c3cccc(F)c3)CC2)c1. The van der Waals surface area contributed by atoms with Crippen LogP contribution in [0.3, 0.4) is 0 Å². The molecule has 1 saturated heterocycles. The number of carbonyl (C=O) groups excluding carboxylic acids is 1. The number of likely N-dealkylation sites (tertiary alicyclic amines) is 1. The number of aromatic nitrogens is 1. The lowest BCUT2D eigenvalue weighted by molar-refractivity contribution is 0.0743. The molecule has 0 spiro atoms. The molecule has 4 rings (SSSR count). The molecule has 0 radical (unpaired) electrons. The van der Waals surface area contributed by atoms with Crippen LogP contribution in [0.1, 0.15) is 39.9 Å². The number of nitrogens with zero attached hydrogens (tertiary/aromatic N) is 2. The Morgan fingerprint density at radius 1 is 0.935 bits per heavy atom. The van der Waals surface area contributed by atoms with E-state index in [9.17, 15) is 19.4 Å². The van der Waals surface area contributed by atoms with E-state index in [1.165, 1.54) is 18.2 Å². The summed E-state index contributed by atoms with van der Waals surface area (Å²) >= 11 is 0. The van der Waals surface area contributed by atoms with Crippen molar-refractivity contribution in [1.82, 2.24) is 9.88 Å². The van der Waals surface area contributed by atoms with E-state index in [0.717, 1.165) is 16.7 Å². The number of aryl methyl sites for hydroxylation is 1. The van der Waals surface area contributed by atoms with Crippen molar-refractivity contribution in [3.05, 3.63) is 94.6 Å².